The Balaban J connectivity index is 2.02. The molecule has 0 aromatic carbocycles. The molecule has 1 saturated heterocycles. The van der Waals surface area contributed by atoms with Crippen LogP contribution in [0.1, 0.15) is 65.2 Å². The summed E-state index contributed by atoms with van der Waals surface area (Å²) in [5, 5.41) is 3.67. The summed E-state index contributed by atoms with van der Waals surface area (Å²) in [4.78, 5) is 0. The zero-order valence-corrected chi connectivity index (χ0v) is 10.0. The summed E-state index contributed by atoms with van der Waals surface area (Å²) in [6.45, 7) is 5.86. The standard InChI is InChI=1S/C13H27N/c1-3-5-7-8-12-10-13(14-11-12)9-6-4-2/h12-14H,3-11H2,1-2H3. The van der Waals surface area contributed by atoms with E-state index in [1.165, 1.54) is 57.9 Å². The van der Waals surface area contributed by atoms with Crippen molar-refractivity contribution >= 4 is 0 Å². The second-order valence-electron chi connectivity index (χ2n) is 4.84. The molecule has 2 atom stereocenters. The molecule has 0 amide bonds. The maximum Gasteiger partial charge on any atom is 0.00702 e. The largest absolute Gasteiger partial charge is 0.314 e. The van der Waals surface area contributed by atoms with E-state index in [0.29, 0.717) is 0 Å². The molecular weight excluding hydrogens is 170 g/mol. The van der Waals surface area contributed by atoms with Crippen LogP contribution in [0.15, 0.2) is 0 Å². The molecule has 1 aliphatic heterocycles. The number of hydrogen-bond donors (Lipinski definition) is 1. The van der Waals surface area contributed by atoms with Crippen LogP contribution < -0.4 is 5.32 Å². The van der Waals surface area contributed by atoms with Gasteiger partial charge in [0.2, 0.25) is 0 Å². The maximum absolute atomic E-state index is 3.67. The molecule has 0 bridgehead atoms. The van der Waals surface area contributed by atoms with E-state index >= 15 is 0 Å². The van der Waals surface area contributed by atoms with Crippen molar-refractivity contribution in [2.24, 2.45) is 5.92 Å². The molecule has 1 heteroatoms. The Hall–Kier alpha value is -0.0400. The van der Waals surface area contributed by atoms with E-state index in [-0.39, 0.29) is 0 Å². The Morgan fingerprint density at radius 2 is 1.79 bits per heavy atom. The Morgan fingerprint density at radius 3 is 2.50 bits per heavy atom. The van der Waals surface area contributed by atoms with Gasteiger partial charge in [-0.2, -0.15) is 0 Å². The predicted octanol–water partition coefficient (Wildman–Crippen LogP) is 3.74. The highest BCUT2D eigenvalue weighted by Gasteiger charge is 2.22. The van der Waals surface area contributed by atoms with Crippen LogP contribution in [-0.2, 0) is 0 Å². The van der Waals surface area contributed by atoms with Gasteiger partial charge in [0.25, 0.3) is 0 Å². The predicted molar refractivity (Wildman–Crippen MR) is 63.6 cm³/mol. The lowest BCUT2D eigenvalue weighted by atomic mass is 9.96. The highest BCUT2D eigenvalue weighted by molar-refractivity contribution is 4.81. The van der Waals surface area contributed by atoms with E-state index in [4.69, 9.17) is 0 Å². The van der Waals surface area contributed by atoms with Crippen molar-refractivity contribution in [3.63, 3.8) is 0 Å². The number of hydrogen-bond acceptors (Lipinski definition) is 1. The third-order valence-electron chi connectivity index (χ3n) is 3.44. The Labute approximate surface area is 89.7 Å². The molecule has 1 fully saturated rings. The molecule has 84 valence electrons. The third kappa shape index (κ3) is 4.45. The van der Waals surface area contributed by atoms with Crippen LogP contribution in [0.5, 0.6) is 0 Å². The van der Waals surface area contributed by atoms with Crippen LogP contribution in [0.3, 0.4) is 0 Å². The number of rotatable bonds is 7. The van der Waals surface area contributed by atoms with Crippen molar-refractivity contribution in [2.75, 3.05) is 6.54 Å². The van der Waals surface area contributed by atoms with E-state index in [1.54, 1.807) is 0 Å². The van der Waals surface area contributed by atoms with E-state index < -0.39 is 0 Å². The quantitative estimate of drug-likeness (QED) is 0.613. The molecule has 1 heterocycles. The molecule has 0 aromatic rings. The molecule has 0 spiro atoms. The van der Waals surface area contributed by atoms with Gasteiger partial charge in [-0.15, -0.1) is 0 Å². The van der Waals surface area contributed by atoms with Crippen LogP contribution in [0.2, 0.25) is 0 Å². The van der Waals surface area contributed by atoms with Gasteiger partial charge in [-0.1, -0.05) is 46.0 Å². The average molecular weight is 197 g/mol. The molecule has 1 N–H and O–H groups in total. The number of unbranched alkanes of at least 4 members (excludes halogenated alkanes) is 3. The lowest BCUT2D eigenvalue weighted by Gasteiger charge is -2.09. The van der Waals surface area contributed by atoms with Crippen molar-refractivity contribution in [3.05, 3.63) is 0 Å². The average Bonchev–Trinajstić information content (AvgIpc) is 2.63. The van der Waals surface area contributed by atoms with Crippen molar-refractivity contribution in [2.45, 2.75) is 71.3 Å². The fourth-order valence-corrected chi connectivity index (χ4v) is 2.48. The van der Waals surface area contributed by atoms with Gasteiger partial charge >= 0.3 is 0 Å². The molecule has 1 nitrogen and oxygen atoms in total. The van der Waals surface area contributed by atoms with Crippen LogP contribution in [0, 0.1) is 5.92 Å². The molecule has 0 aromatic heterocycles. The molecule has 0 aliphatic carbocycles. The first-order valence-corrected chi connectivity index (χ1v) is 6.60. The monoisotopic (exact) mass is 197 g/mol. The molecule has 1 rings (SSSR count). The minimum Gasteiger partial charge on any atom is -0.314 e. The Bertz CT molecular complexity index is 133. The zero-order chi connectivity index (χ0) is 10.2. The topological polar surface area (TPSA) is 12.0 Å². The molecule has 14 heavy (non-hydrogen) atoms. The summed E-state index contributed by atoms with van der Waals surface area (Å²) in [6.07, 6.45) is 11.3. The van der Waals surface area contributed by atoms with Crippen molar-refractivity contribution in [1.29, 1.82) is 0 Å². The zero-order valence-electron chi connectivity index (χ0n) is 10.0. The first kappa shape index (κ1) is 12.0. The van der Waals surface area contributed by atoms with E-state index in [2.05, 4.69) is 19.2 Å². The minimum atomic E-state index is 0.849. The van der Waals surface area contributed by atoms with Gasteiger partial charge in [-0.25, -0.2) is 0 Å². The van der Waals surface area contributed by atoms with E-state index in [9.17, 15) is 0 Å². The van der Waals surface area contributed by atoms with Gasteiger partial charge < -0.3 is 5.32 Å². The summed E-state index contributed by atoms with van der Waals surface area (Å²) in [6, 6.07) is 0.849. The minimum absolute atomic E-state index is 0.849. The fourth-order valence-electron chi connectivity index (χ4n) is 2.48. The van der Waals surface area contributed by atoms with Gasteiger partial charge in [0.15, 0.2) is 0 Å². The summed E-state index contributed by atoms with van der Waals surface area (Å²) in [5.41, 5.74) is 0. The maximum atomic E-state index is 3.67. The van der Waals surface area contributed by atoms with Crippen molar-refractivity contribution in [1.82, 2.24) is 5.32 Å². The Morgan fingerprint density at radius 1 is 1.00 bits per heavy atom. The van der Waals surface area contributed by atoms with Crippen LogP contribution in [0.25, 0.3) is 0 Å². The molecule has 0 radical (unpaired) electrons. The van der Waals surface area contributed by atoms with Crippen LogP contribution >= 0.6 is 0 Å². The second-order valence-corrected chi connectivity index (χ2v) is 4.84. The van der Waals surface area contributed by atoms with Crippen molar-refractivity contribution in [3.8, 4) is 0 Å². The first-order valence-electron chi connectivity index (χ1n) is 6.60. The van der Waals surface area contributed by atoms with Gasteiger partial charge in [-0.3, -0.25) is 0 Å². The summed E-state index contributed by atoms with van der Waals surface area (Å²) < 4.78 is 0. The van der Waals surface area contributed by atoms with Crippen LogP contribution in [-0.4, -0.2) is 12.6 Å². The van der Waals surface area contributed by atoms with Gasteiger partial charge in [0.1, 0.15) is 0 Å². The molecule has 0 saturated carbocycles. The number of nitrogens with one attached hydrogen (secondary N) is 1. The van der Waals surface area contributed by atoms with Crippen molar-refractivity contribution < 1.29 is 0 Å². The molecule has 1 aliphatic rings. The van der Waals surface area contributed by atoms with E-state index in [1.807, 2.05) is 0 Å². The summed E-state index contributed by atoms with van der Waals surface area (Å²) in [7, 11) is 0. The van der Waals surface area contributed by atoms with Crippen LogP contribution in [0.4, 0.5) is 0 Å². The highest BCUT2D eigenvalue weighted by Crippen LogP contribution is 2.22. The second kappa shape index (κ2) is 7.28. The van der Waals surface area contributed by atoms with E-state index in [0.717, 1.165) is 12.0 Å². The highest BCUT2D eigenvalue weighted by atomic mass is 14.9. The lowest BCUT2D eigenvalue weighted by molar-refractivity contribution is 0.470. The van der Waals surface area contributed by atoms with Gasteiger partial charge in [0.05, 0.1) is 0 Å². The smallest absolute Gasteiger partial charge is 0.00702 e. The molecule has 2 unspecified atom stereocenters. The SMILES string of the molecule is CCCCCC1CNC(CCCC)C1. The van der Waals surface area contributed by atoms with Gasteiger partial charge in [-0.05, 0) is 31.7 Å². The Kier molecular flexibility index (Phi) is 6.25. The van der Waals surface area contributed by atoms with Gasteiger partial charge in [0, 0.05) is 6.04 Å². The normalized spacial score (nSPS) is 27.0. The summed E-state index contributed by atoms with van der Waals surface area (Å²) in [5.74, 6) is 0.989. The lowest BCUT2D eigenvalue weighted by Crippen LogP contribution is -2.20. The summed E-state index contributed by atoms with van der Waals surface area (Å²) >= 11 is 0. The third-order valence-corrected chi connectivity index (χ3v) is 3.44. The molecular formula is C13H27N. The fraction of sp³-hybridized carbons (Fsp3) is 1.00. The first-order chi connectivity index (χ1) is 6.86.